The highest BCUT2D eigenvalue weighted by Crippen LogP contribution is 2.39. The van der Waals surface area contributed by atoms with Gasteiger partial charge in [0.25, 0.3) is 0 Å². The summed E-state index contributed by atoms with van der Waals surface area (Å²) in [7, 11) is 1.84. The topological polar surface area (TPSA) is 59.6 Å². The zero-order valence-corrected chi connectivity index (χ0v) is 14.4. The van der Waals surface area contributed by atoms with Gasteiger partial charge in [-0.3, -0.25) is 5.01 Å². The van der Waals surface area contributed by atoms with E-state index in [0.717, 1.165) is 11.8 Å². The number of alkyl halides is 3. The molecule has 25 heavy (non-hydrogen) atoms. The molecule has 0 aliphatic carbocycles. The standard InChI is InChI=1S/C17H23F3N4O/c1-10-6-12(4-5-13(10)17(18,19)20)16(25)7-11(2)21-14(8-16)15-9-24(3)23-22-15/h4-6,9,11,14,21-23,25H,7-8H2,1-3H3/t11-,14-,16-/m0/s1. The van der Waals surface area contributed by atoms with Gasteiger partial charge in [0, 0.05) is 25.7 Å². The van der Waals surface area contributed by atoms with Gasteiger partial charge in [-0.05, 0) is 37.5 Å². The zero-order chi connectivity index (χ0) is 18.4. The van der Waals surface area contributed by atoms with Gasteiger partial charge in [0.1, 0.15) is 0 Å². The maximum Gasteiger partial charge on any atom is 0.416 e. The van der Waals surface area contributed by atoms with E-state index in [1.54, 1.807) is 5.01 Å². The Hall–Kier alpha value is -1.77. The van der Waals surface area contributed by atoms with Gasteiger partial charge in [0.15, 0.2) is 0 Å². The molecule has 2 aliphatic heterocycles. The number of benzene rings is 1. The molecule has 2 heterocycles. The van der Waals surface area contributed by atoms with Gasteiger partial charge in [-0.25, -0.2) is 0 Å². The molecule has 3 rings (SSSR count). The second-order valence-corrected chi connectivity index (χ2v) is 7.02. The van der Waals surface area contributed by atoms with Crippen LogP contribution in [0.15, 0.2) is 30.1 Å². The summed E-state index contributed by atoms with van der Waals surface area (Å²) in [5.41, 5.74) is 5.65. The summed E-state index contributed by atoms with van der Waals surface area (Å²) >= 11 is 0. The third-order valence-corrected chi connectivity index (χ3v) is 4.83. The first-order chi connectivity index (χ1) is 11.6. The first kappa shape index (κ1) is 18.0. The molecule has 3 atom stereocenters. The predicted octanol–water partition coefficient (Wildman–Crippen LogP) is 2.14. The highest BCUT2D eigenvalue weighted by Gasteiger charge is 2.41. The minimum absolute atomic E-state index is 0.0138. The monoisotopic (exact) mass is 356 g/mol. The van der Waals surface area contributed by atoms with Crippen molar-refractivity contribution in [1.29, 1.82) is 0 Å². The molecule has 1 aromatic rings. The Morgan fingerprint density at radius 2 is 2.00 bits per heavy atom. The summed E-state index contributed by atoms with van der Waals surface area (Å²) in [5, 5.41) is 16.4. The lowest BCUT2D eigenvalue weighted by molar-refractivity contribution is -0.138. The molecule has 0 aromatic heterocycles. The molecule has 0 unspecified atom stereocenters. The summed E-state index contributed by atoms with van der Waals surface area (Å²) in [6.45, 7) is 3.39. The van der Waals surface area contributed by atoms with Gasteiger partial charge in [-0.2, -0.15) is 13.2 Å². The van der Waals surface area contributed by atoms with Crippen molar-refractivity contribution >= 4 is 0 Å². The van der Waals surface area contributed by atoms with E-state index in [1.165, 1.54) is 19.1 Å². The van der Waals surface area contributed by atoms with Gasteiger partial charge < -0.3 is 15.8 Å². The number of aryl methyl sites for hydroxylation is 1. The maximum absolute atomic E-state index is 13.0. The minimum Gasteiger partial charge on any atom is -0.385 e. The quantitative estimate of drug-likeness (QED) is 0.654. The van der Waals surface area contributed by atoms with E-state index in [0.29, 0.717) is 18.4 Å². The first-order valence-corrected chi connectivity index (χ1v) is 8.21. The Morgan fingerprint density at radius 1 is 1.28 bits per heavy atom. The van der Waals surface area contributed by atoms with Gasteiger partial charge in [-0.15, -0.1) is 5.53 Å². The molecule has 8 heteroatoms. The number of hydrogen-bond acceptors (Lipinski definition) is 5. The molecular formula is C17H23F3N4O. The van der Waals surface area contributed by atoms with Crippen LogP contribution in [0.5, 0.6) is 0 Å². The molecule has 2 aliphatic rings. The average Bonchev–Trinajstić information content (AvgIpc) is 2.91. The molecular weight excluding hydrogens is 333 g/mol. The molecule has 1 saturated heterocycles. The molecule has 5 nitrogen and oxygen atoms in total. The number of aliphatic hydroxyl groups is 1. The maximum atomic E-state index is 13.0. The van der Waals surface area contributed by atoms with Crippen molar-refractivity contribution in [3.05, 3.63) is 46.8 Å². The number of piperidine rings is 1. The molecule has 0 bridgehead atoms. The number of nitrogens with one attached hydrogen (secondary N) is 3. The Balaban J connectivity index is 1.89. The number of hydrogen-bond donors (Lipinski definition) is 4. The molecule has 0 saturated carbocycles. The first-order valence-electron chi connectivity index (χ1n) is 8.21. The Morgan fingerprint density at radius 3 is 2.56 bits per heavy atom. The largest absolute Gasteiger partial charge is 0.416 e. The fourth-order valence-corrected chi connectivity index (χ4v) is 3.70. The third-order valence-electron chi connectivity index (χ3n) is 4.83. The summed E-state index contributed by atoms with van der Waals surface area (Å²) in [5.74, 6) is 0. The fraction of sp³-hybridized carbons (Fsp3) is 0.529. The summed E-state index contributed by atoms with van der Waals surface area (Å²) in [4.78, 5) is 0. The number of rotatable bonds is 2. The van der Waals surface area contributed by atoms with Crippen LogP contribution in [0.4, 0.5) is 13.2 Å². The number of nitrogens with zero attached hydrogens (tertiary/aromatic N) is 1. The summed E-state index contributed by atoms with van der Waals surface area (Å²) < 4.78 is 39.0. The molecule has 0 spiro atoms. The summed E-state index contributed by atoms with van der Waals surface area (Å²) in [6, 6.07) is 3.80. The van der Waals surface area contributed by atoms with Crippen molar-refractivity contribution < 1.29 is 18.3 Å². The normalized spacial score (nSPS) is 30.2. The van der Waals surface area contributed by atoms with Gasteiger partial charge in [-0.1, -0.05) is 12.1 Å². The average molecular weight is 356 g/mol. The van der Waals surface area contributed by atoms with Gasteiger partial charge in [0.05, 0.1) is 22.9 Å². The Labute approximate surface area is 144 Å². The molecule has 1 fully saturated rings. The lowest BCUT2D eigenvalue weighted by Crippen LogP contribution is -2.53. The van der Waals surface area contributed by atoms with Crippen molar-refractivity contribution in [2.75, 3.05) is 7.05 Å². The van der Waals surface area contributed by atoms with Crippen molar-refractivity contribution in [1.82, 2.24) is 21.3 Å². The fourth-order valence-electron chi connectivity index (χ4n) is 3.70. The number of hydrazine groups is 2. The lowest BCUT2D eigenvalue weighted by atomic mass is 9.77. The lowest BCUT2D eigenvalue weighted by Gasteiger charge is -2.41. The van der Waals surface area contributed by atoms with Crippen molar-refractivity contribution in [2.24, 2.45) is 0 Å². The van der Waals surface area contributed by atoms with E-state index >= 15 is 0 Å². The Kier molecular flexibility index (Phi) is 4.47. The second-order valence-electron chi connectivity index (χ2n) is 7.02. The van der Waals surface area contributed by atoms with Crippen LogP contribution in [0.25, 0.3) is 0 Å². The van der Waals surface area contributed by atoms with E-state index in [2.05, 4.69) is 16.3 Å². The van der Waals surface area contributed by atoms with Crippen LogP contribution in [0.3, 0.4) is 0 Å². The van der Waals surface area contributed by atoms with E-state index in [-0.39, 0.29) is 17.6 Å². The van der Waals surface area contributed by atoms with Crippen molar-refractivity contribution in [3.63, 3.8) is 0 Å². The highest BCUT2D eigenvalue weighted by molar-refractivity contribution is 5.37. The smallest absolute Gasteiger partial charge is 0.385 e. The molecule has 0 radical (unpaired) electrons. The summed E-state index contributed by atoms with van der Waals surface area (Å²) in [6.07, 6.45) is -1.69. The third kappa shape index (κ3) is 3.61. The van der Waals surface area contributed by atoms with E-state index in [4.69, 9.17) is 0 Å². The van der Waals surface area contributed by atoms with Crippen LogP contribution in [0, 0.1) is 6.92 Å². The van der Waals surface area contributed by atoms with Crippen molar-refractivity contribution in [2.45, 2.75) is 50.6 Å². The van der Waals surface area contributed by atoms with Crippen LogP contribution < -0.4 is 16.3 Å². The number of halogens is 3. The van der Waals surface area contributed by atoms with E-state index in [1.807, 2.05) is 20.2 Å². The van der Waals surface area contributed by atoms with Gasteiger partial charge >= 0.3 is 6.18 Å². The minimum atomic E-state index is -4.38. The molecule has 138 valence electrons. The van der Waals surface area contributed by atoms with Crippen LogP contribution in [0.1, 0.15) is 36.5 Å². The molecule has 1 aromatic carbocycles. The van der Waals surface area contributed by atoms with Crippen LogP contribution in [0.2, 0.25) is 0 Å². The predicted molar refractivity (Wildman–Crippen MR) is 87.8 cm³/mol. The van der Waals surface area contributed by atoms with Crippen LogP contribution >= 0.6 is 0 Å². The van der Waals surface area contributed by atoms with Gasteiger partial charge in [0.2, 0.25) is 0 Å². The zero-order valence-electron chi connectivity index (χ0n) is 14.4. The second kappa shape index (κ2) is 6.19. The van der Waals surface area contributed by atoms with E-state index in [9.17, 15) is 18.3 Å². The van der Waals surface area contributed by atoms with E-state index < -0.39 is 17.3 Å². The Bertz CT molecular complexity index is 691. The SMILES string of the molecule is Cc1cc([C@@]2(O)C[C@@H](C3=CN(C)NN3)N[C@@H](C)C2)ccc1C(F)(F)F. The van der Waals surface area contributed by atoms with Crippen LogP contribution in [-0.4, -0.2) is 29.2 Å². The van der Waals surface area contributed by atoms with Crippen LogP contribution in [-0.2, 0) is 11.8 Å². The highest BCUT2D eigenvalue weighted by atomic mass is 19.4. The molecule has 4 N–H and O–H groups in total. The molecule has 0 amide bonds. The van der Waals surface area contributed by atoms with Crippen molar-refractivity contribution in [3.8, 4) is 0 Å².